The van der Waals surface area contributed by atoms with E-state index in [-0.39, 0.29) is 0 Å². The van der Waals surface area contributed by atoms with Crippen LogP contribution >= 0.6 is 0 Å². The Morgan fingerprint density at radius 2 is 2.00 bits per heavy atom. The van der Waals surface area contributed by atoms with E-state index in [0.29, 0.717) is 5.92 Å². The molecule has 0 aliphatic carbocycles. The second-order valence-corrected chi connectivity index (χ2v) is 4.00. The van der Waals surface area contributed by atoms with E-state index in [4.69, 9.17) is 10.5 Å². The fourth-order valence-electron chi connectivity index (χ4n) is 2.17. The van der Waals surface area contributed by atoms with Crippen molar-refractivity contribution in [2.75, 3.05) is 18.9 Å². The molecule has 0 atom stereocenters. The van der Waals surface area contributed by atoms with Gasteiger partial charge in [-0.2, -0.15) is 0 Å². The molecular weight excluding hydrogens is 174 g/mol. The zero-order valence-electron chi connectivity index (χ0n) is 8.62. The van der Waals surface area contributed by atoms with E-state index in [9.17, 15) is 0 Å². The number of hydrogen-bond donors (Lipinski definition) is 1. The quantitative estimate of drug-likeness (QED) is 0.692. The standard InChI is InChI=1S/C12H17NO/c1-9-8-11(13)2-3-12(9)10-4-6-14-7-5-10/h2-3,8,10H,4-7,13H2,1H3. The van der Waals surface area contributed by atoms with Crippen molar-refractivity contribution < 1.29 is 4.74 Å². The maximum absolute atomic E-state index is 5.73. The van der Waals surface area contributed by atoms with Crippen LogP contribution < -0.4 is 5.73 Å². The smallest absolute Gasteiger partial charge is 0.0471 e. The maximum atomic E-state index is 5.73. The third-order valence-corrected chi connectivity index (χ3v) is 2.95. The first kappa shape index (κ1) is 9.53. The summed E-state index contributed by atoms with van der Waals surface area (Å²) in [7, 11) is 0. The summed E-state index contributed by atoms with van der Waals surface area (Å²) < 4.78 is 5.36. The topological polar surface area (TPSA) is 35.2 Å². The van der Waals surface area contributed by atoms with Crippen molar-refractivity contribution in [1.82, 2.24) is 0 Å². The van der Waals surface area contributed by atoms with Gasteiger partial charge in [0.15, 0.2) is 0 Å². The van der Waals surface area contributed by atoms with Gasteiger partial charge < -0.3 is 10.5 Å². The first-order valence-corrected chi connectivity index (χ1v) is 5.21. The van der Waals surface area contributed by atoms with Gasteiger partial charge in [0.1, 0.15) is 0 Å². The van der Waals surface area contributed by atoms with Crippen LogP contribution in [0.15, 0.2) is 18.2 Å². The van der Waals surface area contributed by atoms with Gasteiger partial charge in [0.2, 0.25) is 0 Å². The highest BCUT2D eigenvalue weighted by molar-refractivity contribution is 5.45. The summed E-state index contributed by atoms with van der Waals surface area (Å²) in [4.78, 5) is 0. The Balaban J connectivity index is 2.22. The third kappa shape index (κ3) is 1.90. The predicted octanol–water partition coefficient (Wildman–Crippen LogP) is 2.47. The predicted molar refractivity (Wildman–Crippen MR) is 58.4 cm³/mol. The summed E-state index contributed by atoms with van der Waals surface area (Å²) in [6.45, 7) is 3.93. The molecule has 1 aliphatic heterocycles. The summed E-state index contributed by atoms with van der Waals surface area (Å²) in [5, 5.41) is 0. The maximum Gasteiger partial charge on any atom is 0.0471 e. The normalized spacial score (nSPS) is 18.4. The molecule has 0 saturated carbocycles. The van der Waals surface area contributed by atoms with E-state index < -0.39 is 0 Å². The Morgan fingerprint density at radius 3 is 2.64 bits per heavy atom. The molecule has 0 radical (unpaired) electrons. The largest absolute Gasteiger partial charge is 0.399 e. The molecule has 76 valence electrons. The Kier molecular flexibility index (Phi) is 2.73. The molecule has 0 aromatic heterocycles. The molecule has 1 aliphatic rings. The molecule has 2 heteroatoms. The molecule has 0 unspecified atom stereocenters. The lowest BCUT2D eigenvalue weighted by Gasteiger charge is -2.24. The molecule has 2 nitrogen and oxygen atoms in total. The van der Waals surface area contributed by atoms with Gasteiger partial charge in [-0.1, -0.05) is 6.07 Å². The summed E-state index contributed by atoms with van der Waals surface area (Å²) >= 11 is 0. The third-order valence-electron chi connectivity index (χ3n) is 2.95. The molecule has 0 spiro atoms. The Labute approximate surface area is 85.1 Å². The van der Waals surface area contributed by atoms with Crippen molar-refractivity contribution in [2.45, 2.75) is 25.7 Å². The highest BCUT2D eigenvalue weighted by Gasteiger charge is 2.17. The minimum Gasteiger partial charge on any atom is -0.399 e. The molecule has 0 bridgehead atoms. The molecule has 1 heterocycles. The van der Waals surface area contributed by atoms with Gasteiger partial charge in [0.25, 0.3) is 0 Å². The molecule has 1 fully saturated rings. The molecule has 14 heavy (non-hydrogen) atoms. The molecule has 2 rings (SSSR count). The number of nitrogen functional groups attached to an aromatic ring is 1. The number of nitrogens with two attached hydrogens (primary N) is 1. The fourth-order valence-corrected chi connectivity index (χ4v) is 2.17. The first-order valence-electron chi connectivity index (χ1n) is 5.21. The van der Waals surface area contributed by atoms with Crippen LogP contribution in [0.5, 0.6) is 0 Å². The molecular formula is C12H17NO. The van der Waals surface area contributed by atoms with Crippen LogP contribution in [0.3, 0.4) is 0 Å². The Morgan fingerprint density at radius 1 is 1.29 bits per heavy atom. The minimum absolute atomic E-state index is 0.671. The number of anilines is 1. The zero-order valence-corrected chi connectivity index (χ0v) is 8.62. The summed E-state index contributed by atoms with van der Waals surface area (Å²) in [5.74, 6) is 0.671. The van der Waals surface area contributed by atoms with Gasteiger partial charge in [-0.15, -0.1) is 0 Å². The van der Waals surface area contributed by atoms with E-state index in [1.807, 2.05) is 6.07 Å². The lowest BCUT2D eigenvalue weighted by atomic mass is 9.88. The Hall–Kier alpha value is -1.02. The van der Waals surface area contributed by atoms with E-state index in [2.05, 4.69) is 19.1 Å². The minimum atomic E-state index is 0.671. The van der Waals surface area contributed by atoms with E-state index in [0.717, 1.165) is 31.7 Å². The van der Waals surface area contributed by atoms with Gasteiger partial charge in [-0.3, -0.25) is 0 Å². The van der Waals surface area contributed by atoms with Crippen LogP contribution in [0.2, 0.25) is 0 Å². The van der Waals surface area contributed by atoms with Crippen molar-refractivity contribution in [2.24, 2.45) is 0 Å². The van der Waals surface area contributed by atoms with E-state index in [1.54, 1.807) is 0 Å². The van der Waals surface area contributed by atoms with Crippen molar-refractivity contribution in [3.05, 3.63) is 29.3 Å². The molecule has 2 N–H and O–H groups in total. The van der Waals surface area contributed by atoms with Gasteiger partial charge in [0.05, 0.1) is 0 Å². The second-order valence-electron chi connectivity index (χ2n) is 4.00. The summed E-state index contributed by atoms with van der Waals surface area (Å²) in [6.07, 6.45) is 2.29. The monoisotopic (exact) mass is 191 g/mol. The van der Waals surface area contributed by atoms with Gasteiger partial charge >= 0.3 is 0 Å². The molecule has 1 saturated heterocycles. The van der Waals surface area contributed by atoms with Crippen LogP contribution in [0.25, 0.3) is 0 Å². The van der Waals surface area contributed by atoms with Crippen molar-refractivity contribution in [1.29, 1.82) is 0 Å². The van der Waals surface area contributed by atoms with Gasteiger partial charge in [-0.25, -0.2) is 0 Å². The molecule has 1 aromatic rings. The number of aryl methyl sites for hydroxylation is 1. The Bertz CT molecular complexity index is 316. The van der Waals surface area contributed by atoms with Crippen molar-refractivity contribution in [3.63, 3.8) is 0 Å². The second kappa shape index (κ2) is 4.01. The number of ether oxygens (including phenoxy) is 1. The number of rotatable bonds is 1. The SMILES string of the molecule is Cc1cc(N)ccc1C1CCOCC1. The lowest BCUT2D eigenvalue weighted by molar-refractivity contribution is 0.0852. The van der Waals surface area contributed by atoms with Gasteiger partial charge in [-0.05, 0) is 48.9 Å². The highest BCUT2D eigenvalue weighted by atomic mass is 16.5. The lowest BCUT2D eigenvalue weighted by Crippen LogP contribution is -2.14. The zero-order chi connectivity index (χ0) is 9.97. The molecule has 0 amide bonds. The van der Waals surface area contributed by atoms with Crippen molar-refractivity contribution >= 4 is 5.69 Å². The van der Waals surface area contributed by atoms with E-state index >= 15 is 0 Å². The van der Waals surface area contributed by atoms with Crippen LogP contribution in [0, 0.1) is 6.92 Å². The van der Waals surface area contributed by atoms with Crippen LogP contribution in [-0.4, -0.2) is 13.2 Å². The van der Waals surface area contributed by atoms with Gasteiger partial charge in [0, 0.05) is 18.9 Å². The highest BCUT2D eigenvalue weighted by Crippen LogP contribution is 2.29. The first-order chi connectivity index (χ1) is 6.77. The van der Waals surface area contributed by atoms with Crippen molar-refractivity contribution in [3.8, 4) is 0 Å². The van der Waals surface area contributed by atoms with Crippen LogP contribution in [-0.2, 0) is 4.74 Å². The number of benzene rings is 1. The average Bonchev–Trinajstić information content (AvgIpc) is 2.19. The average molecular weight is 191 g/mol. The van der Waals surface area contributed by atoms with Crippen LogP contribution in [0.1, 0.15) is 29.9 Å². The summed E-state index contributed by atoms with van der Waals surface area (Å²) in [5.41, 5.74) is 9.36. The number of hydrogen-bond acceptors (Lipinski definition) is 2. The fraction of sp³-hybridized carbons (Fsp3) is 0.500. The molecule has 1 aromatic carbocycles. The summed E-state index contributed by atoms with van der Waals surface area (Å²) in [6, 6.07) is 6.23. The van der Waals surface area contributed by atoms with Crippen LogP contribution in [0.4, 0.5) is 5.69 Å². The van der Waals surface area contributed by atoms with E-state index in [1.165, 1.54) is 11.1 Å².